The summed E-state index contributed by atoms with van der Waals surface area (Å²) in [5, 5.41) is 12.8. The number of imide groups is 1. The number of nitrogens with one attached hydrogen (secondary N) is 1. The Balaban J connectivity index is 1.36. The van der Waals surface area contributed by atoms with Crippen molar-refractivity contribution in [3.05, 3.63) is 70.8 Å². The Morgan fingerprint density at radius 3 is 2.62 bits per heavy atom. The molecule has 2 atom stereocenters. The van der Waals surface area contributed by atoms with Crippen molar-refractivity contribution < 1.29 is 19.5 Å². The van der Waals surface area contributed by atoms with Crippen LogP contribution in [-0.2, 0) is 28.1 Å². The van der Waals surface area contributed by atoms with Crippen LogP contribution in [0, 0.1) is 17.8 Å². The van der Waals surface area contributed by atoms with Crippen molar-refractivity contribution in [2.24, 2.45) is 5.92 Å². The molecule has 37 heavy (non-hydrogen) atoms. The molecule has 0 aromatic heterocycles. The minimum Gasteiger partial charge on any atom is -0.378 e. The summed E-state index contributed by atoms with van der Waals surface area (Å²) in [6, 6.07) is 14.9. The molecule has 3 aliphatic rings. The Labute approximate surface area is 217 Å². The number of benzene rings is 2. The highest BCUT2D eigenvalue weighted by atomic mass is 16.3. The van der Waals surface area contributed by atoms with Crippen LogP contribution in [0.1, 0.15) is 62.3 Å². The van der Waals surface area contributed by atoms with Crippen LogP contribution < -0.4 is 5.32 Å². The summed E-state index contributed by atoms with van der Waals surface area (Å²) in [4.78, 5) is 43.2. The van der Waals surface area contributed by atoms with E-state index in [1.54, 1.807) is 19.9 Å². The number of aliphatic hydroxyl groups is 1. The van der Waals surface area contributed by atoms with Crippen LogP contribution in [0.15, 0.2) is 48.5 Å². The number of hydrogen-bond donors (Lipinski definition) is 2. The summed E-state index contributed by atoms with van der Waals surface area (Å²) >= 11 is 0. The van der Waals surface area contributed by atoms with Gasteiger partial charge in [-0.25, -0.2) is 4.79 Å². The molecular formula is C30H33N3O4. The smallest absolute Gasteiger partial charge is 0.325 e. The zero-order valence-corrected chi connectivity index (χ0v) is 21.6. The Morgan fingerprint density at radius 1 is 1.22 bits per heavy atom. The van der Waals surface area contributed by atoms with Gasteiger partial charge in [0.25, 0.3) is 5.91 Å². The van der Waals surface area contributed by atoms with Crippen LogP contribution in [-0.4, -0.2) is 50.9 Å². The SMILES string of the molecule is C[C@@H](C1CC1)N(Cc1ccccc1)C(=O)CN1C(=O)N[C@]2(CCc3cc(C#CC(C)(C)O)ccc32)C1=O. The Kier molecular flexibility index (Phi) is 6.33. The van der Waals surface area contributed by atoms with Crippen LogP contribution in [0.25, 0.3) is 0 Å². The number of amides is 4. The highest BCUT2D eigenvalue weighted by molar-refractivity contribution is 6.10. The molecule has 1 saturated carbocycles. The lowest BCUT2D eigenvalue weighted by molar-refractivity contribution is -0.141. The average molecular weight is 500 g/mol. The molecule has 7 heteroatoms. The molecule has 1 heterocycles. The number of carbonyl (C=O) groups excluding carboxylic acids is 3. The van der Waals surface area contributed by atoms with Crippen LogP contribution in [0.2, 0.25) is 0 Å². The number of carbonyl (C=O) groups is 3. The van der Waals surface area contributed by atoms with Gasteiger partial charge in [0.1, 0.15) is 17.7 Å². The predicted octanol–water partition coefficient (Wildman–Crippen LogP) is 3.33. The van der Waals surface area contributed by atoms with Crippen molar-refractivity contribution in [1.82, 2.24) is 15.1 Å². The van der Waals surface area contributed by atoms with Gasteiger partial charge >= 0.3 is 6.03 Å². The minimum absolute atomic E-state index is 0.0399. The molecule has 2 N–H and O–H groups in total. The average Bonchev–Trinajstić information content (AvgIpc) is 3.62. The van der Waals surface area contributed by atoms with Gasteiger partial charge in [0.15, 0.2) is 0 Å². The van der Waals surface area contributed by atoms with Crippen molar-refractivity contribution in [2.45, 2.75) is 70.2 Å². The van der Waals surface area contributed by atoms with Crippen molar-refractivity contribution in [3.63, 3.8) is 0 Å². The Morgan fingerprint density at radius 2 is 1.95 bits per heavy atom. The lowest BCUT2D eigenvalue weighted by atomic mass is 9.91. The maximum absolute atomic E-state index is 13.7. The standard InChI is InChI=1S/C30H33N3O4/c1-20(23-10-11-23)32(18-22-7-5-4-6-8-22)26(34)19-33-27(35)30(31-28(33)36)16-14-24-17-21(9-12-25(24)30)13-15-29(2,3)37/h4-9,12,17,20,23,37H,10-11,14,16,18-19H2,1-3H3,(H,31,36)/t20-,30-/m0/s1. The topological polar surface area (TPSA) is 90.0 Å². The first-order chi connectivity index (χ1) is 17.6. The van der Waals surface area contributed by atoms with Gasteiger partial charge < -0.3 is 15.3 Å². The summed E-state index contributed by atoms with van der Waals surface area (Å²) < 4.78 is 0. The fraction of sp³-hybridized carbons (Fsp3) is 0.433. The summed E-state index contributed by atoms with van der Waals surface area (Å²) in [5.74, 6) is 5.63. The van der Waals surface area contributed by atoms with E-state index in [0.29, 0.717) is 25.3 Å². The van der Waals surface area contributed by atoms with E-state index >= 15 is 0 Å². The van der Waals surface area contributed by atoms with Crippen LogP contribution in [0.4, 0.5) is 4.79 Å². The fourth-order valence-corrected chi connectivity index (χ4v) is 5.40. The molecular weight excluding hydrogens is 466 g/mol. The summed E-state index contributed by atoms with van der Waals surface area (Å²) in [7, 11) is 0. The number of fused-ring (bicyclic) bond motifs is 2. The van der Waals surface area contributed by atoms with Crippen molar-refractivity contribution in [3.8, 4) is 11.8 Å². The quantitative estimate of drug-likeness (QED) is 0.471. The zero-order chi connectivity index (χ0) is 26.4. The molecule has 2 fully saturated rings. The molecule has 0 bridgehead atoms. The Bertz CT molecular complexity index is 1300. The molecule has 4 amide bonds. The number of rotatable bonds is 6. The minimum atomic E-state index is -1.15. The third-order valence-corrected chi connectivity index (χ3v) is 7.63. The van der Waals surface area contributed by atoms with Gasteiger partial charge in [0.05, 0.1) is 0 Å². The molecule has 7 nitrogen and oxygen atoms in total. The van der Waals surface area contributed by atoms with E-state index in [0.717, 1.165) is 40.0 Å². The number of nitrogens with zero attached hydrogens (tertiary/aromatic N) is 2. The van der Waals surface area contributed by atoms with E-state index in [9.17, 15) is 19.5 Å². The van der Waals surface area contributed by atoms with Crippen molar-refractivity contribution >= 4 is 17.8 Å². The fourth-order valence-electron chi connectivity index (χ4n) is 5.40. The van der Waals surface area contributed by atoms with E-state index in [4.69, 9.17) is 0 Å². The third kappa shape index (κ3) is 4.99. The van der Waals surface area contributed by atoms with Gasteiger partial charge in [0.2, 0.25) is 5.91 Å². The molecule has 0 radical (unpaired) electrons. The third-order valence-electron chi connectivity index (χ3n) is 7.63. The number of urea groups is 1. The van der Waals surface area contributed by atoms with Gasteiger partial charge in [-0.1, -0.05) is 48.2 Å². The van der Waals surface area contributed by atoms with Gasteiger partial charge in [-0.2, -0.15) is 0 Å². The van der Waals surface area contributed by atoms with Crippen molar-refractivity contribution in [2.75, 3.05) is 6.54 Å². The van der Waals surface area contributed by atoms with Crippen LogP contribution in [0.3, 0.4) is 0 Å². The van der Waals surface area contributed by atoms with Gasteiger partial charge in [-0.05, 0) is 81.2 Å². The first-order valence-corrected chi connectivity index (χ1v) is 12.9. The molecule has 1 aliphatic heterocycles. The van der Waals surface area contributed by atoms with Gasteiger partial charge in [0, 0.05) is 18.2 Å². The summed E-state index contributed by atoms with van der Waals surface area (Å²) in [6.07, 6.45) is 3.22. The first kappa shape index (κ1) is 25.0. The molecule has 192 valence electrons. The molecule has 1 saturated heterocycles. The van der Waals surface area contributed by atoms with Gasteiger partial charge in [-0.3, -0.25) is 14.5 Å². The highest BCUT2D eigenvalue weighted by Gasteiger charge is 2.56. The lowest BCUT2D eigenvalue weighted by Crippen LogP contribution is -2.47. The Hall–Kier alpha value is -3.63. The predicted molar refractivity (Wildman–Crippen MR) is 139 cm³/mol. The maximum Gasteiger partial charge on any atom is 0.325 e. The summed E-state index contributed by atoms with van der Waals surface area (Å²) in [5.41, 5.74) is 1.20. The number of hydrogen-bond acceptors (Lipinski definition) is 4. The lowest BCUT2D eigenvalue weighted by Gasteiger charge is -2.31. The highest BCUT2D eigenvalue weighted by Crippen LogP contribution is 2.42. The van der Waals surface area contributed by atoms with Crippen molar-refractivity contribution in [1.29, 1.82) is 0 Å². The van der Waals surface area contributed by atoms with Gasteiger partial charge in [-0.15, -0.1) is 0 Å². The van der Waals surface area contributed by atoms with E-state index < -0.39 is 17.2 Å². The normalized spacial score (nSPS) is 21.4. The molecule has 1 spiro atoms. The second kappa shape index (κ2) is 9.35. The van der Waals surface area contributed by atoms with E-state index in [-0.39, 0.29) is 24.4 Å². The maximum atomic E-state index is 13.7. The molecule has 2 aromatic carbocycles. The number of aryl methyl sites for hydroxylation is 1. The molecule has 2 aliphatic carbocycles. The molecule has 2 aromatic rings. The molecule has 0 unspecified atom stereocenters. The van der Waals surface area contributed by atoms with Crippen LogP contribution >= 0.6 is 0 Å². The van der Waals surface area contributed by atoms with E-state index in [2.05, 4.69) is 24.1 Å². The van der Waals surface area contributed by atoms with Crippen LogP contribution in [0.5, 0.6) is 0 Å². The zero-order valence-electron chi connectivity index (χ0n) is 21.6. The van der Waals surface area contributed by atoms with E-state index in [1.165, 1.54) is 0 Å². The molecule has 5 rings (SSSR count). The first-order valence-electron chi connectivity index (χ1n) is 12.9. The second-order valence-electron chi connectivity index (χ2n) is 11.0. The second-order valence-corrected chi connectivity index (χ2v) is 11.0. The largest absolute Gasteiger partial charge is 0.378 e. The van der Waals surface area contributed by atoms with E-state index in [1.807, 2.05) is 47.4 Å². The monoisotopic (exact) mass is 499 g/mol. The summed E-state index contributed by atoms with van der Waals surface area (Å²) in [6.45, 7) is 5.47.